The van der Waals surface area contributed by atoms with Crippen LogP contribution in [0.2, 0.25) is 10.0 Å². The smallest absolute Gasteiger partial charge is 0.392 e. The minimum atomic E-state index is -4.65. The average Bonchev–Trinajstić information content (AvgIpc) is 2.79. The number of esters is 1. The lowest BCUT2D eigenvalue weighted by Crippen LogP contribution is -2.34. The zero-order chi connectivity index (χ0) is 26.5. The van der Waals surface area contributed by atoms with Crippen molar-refractivity contribution in [2.24, 2.45) is 11.8 Å². The van der Waals surface area contributed by atoms with Gasteiger partial charge in [0.1, 0.15) is 5.75 Å². The Morgan fingerprint density at radius 1 is 0.971 bits per heavy atom. The van der Waals surface area contributed by atoms with Gasteiger partial charge in [0.15, 0.2) is 0 Å². The van der Waals surface area contributed by atoms with E-state index in [1.165, 1.54) is 38.5 Å². The Balaban J connectivity index is 2.47. The molecule has 0 saturated heterocycles. The van der Waals surface area contributed by atoms with Crippen LogP contribution in [-0.2, 0) is 14.3 Å². The molecule has 2 rings (SSSR count). The summed E-state index contributed by atoms with van der Waals surface area (Å²) in [6.07, 6.45) is -4.55. The highest BCUT2D eigenvalue weighted by molar-refractivity contribution is 6.33. The van der Waals surface area contributed by atoms with E-state index in [4.69, 9.17) is 32.7 Å². The lowest BCUT2D eigenvalue weighted by atomic mass is 9.85. The molecule has 1 N–H and O–H groups in total. The van der Waals surface area contributed by atoms with E-state index >= 15 is 0 Å². The van der Waals surface area contributed by atoms with Crippen LogP contribution in [0.15, 0.2) is 36.4 Å². The van der Waals surface area contributed by atoms with Crippen LogP contribution in [0.3, 0.4) is 0 Å². The van der Waals surface area contributed by atoms with E-state index in [1.807, 2.05) is 13.8 Å². The van der Waals surface area contributed by atoms with Crippen molar-refractivity contribution < 1.29 is 32.2 Å². The van der Waals surface area contributed by atoms with E-state index in [2.05, 4.69) is 5.32 Å². The average molecular weight is 534 g/mol. The molecule has 0 spiro atoms. The summed E-state index contributed by atoms with van der Waals surface area (Å²) in [5.74, 6) is -4.97. The van der Waals surface area contributed by atoms with Crippen LogP contribution < -0.4 is 10.1 Å². The molecule has 0 heterocycles. The van der Waals surface area contributed by atoms with Crippen LogP contribution in [-0.4, -0.2) is 32.3 Å². The van der Waals surface area contributed by atoms with Crippen LogP contribution in [0.5, 0.6) is 5.75 Å². The quantitative estimate of drug-likeness (QED) is 0.345. The van der Waals surface area contributed by atoms with Gasteiger partial charge in [-0.15, -0.1) is 0 Å². The predicted molar refractivity (Wildman–Crippen MR) is 130 cm³/mol. The molecule has 0 aliphatic rings. The monoisotopic (exact) mass is 533 g/mol. The fraction of sp³-hybridized carbons (Fsp3) is 0.440. The molecule has 0 aliphatic carbocycles. The molecule has 0 bridgehead atoms. The zero-order valence-electron chi connectivity index (χ0n) is 20.0. The summed E-state index contributed by atoms with van der Waals surface area (Å²) in [6, 6.07) is 8.88. The number of rotatable bonds is 9. The first-order chi connectivity index (χ1) is 16.3. The summed E-state index contributed by atoms with van der Waals surface area (Å²) in [4.78, 5) is 25.1. The first kappa shape index (κ1) is 28.8. The summed E-state index contributed by atoms with van der Waals surface area (Å²) < 4.78 is 51.1. The SMILES string of the molecule is COC(=O)CC(c1ccc(Cl)c(NC(=O)[C@H](c2ccc(Cl)c(OC)c2)[C@@H](C)C(F)(F)F)c1)C(C)C. The van der Waals surface area contributed by atoms with E-state index in [9.17, 15) is 22.8 Å². The lowest BCUT2D eigenvalue weighted by molar-refractivity contribution is -0.178. The molecule has 0 saturated carbocycles. The standard InChI is InChI=1S/C25H28Cl2F3NO4/c1-13(2)17(12-22(32)35-5)15-6-8-18(26)20(10-15)31-24(33)23(14(3)25(28,29)30)16-7-9-19(27)21(11-16)34-4/h6-11,13-14,17,23H,12H2,1-5H3,(H,31,33)/t14-,17?,23+/m1/s1. The van der Waals surface area contributed by atoms with Gasteiger partial charge in [0, 0.05) is 0 Å². The summed E-state index contributed by atoms with van der Waals surface area (Å²) in [5.41, 5.74) is 0.926. The van der Waals surface area contributed by atoms with Crippen LogP contribution in [0.4, 0.5) is 18.9 Å². The highest BCUT2D eigenvalue weighted by atomic mass is 35.5. The Bertz CT molecular complexity index is 1060. The van der Waals surface area contributed by atoms with Crippen molar-refractivity contribution in [1.82, 2.24) is 0 Å². The number of carbonyl (C=O) groups excluding carboxylic acids is 2. The molecule has 2 aromatic carbocycles. The number of nitrogens with one attached hydrogen (secondary N) is 1. The van der Waals surface area contributed by atoms with Crippen molar-refractivity contribution in [3.05, 3.63) is 57.6 Å². The molecule has 1 amide bonds. The minimum absolute atomic E-state index is 0.0401. The van der Waals surface area contributed by atoms with E-state index in [0.717, 1.165) is 6.92 Å². The molecule has 10 heteroatoms. The van der Waals surface area contributed by atoms with Crippen LogP contribution in [0.1, 0.15) is 50.2 Å². The van der Waals surface area contributed by atoms with Crippen LogP contribution in [0, 0.1) is 11.8 Å². The topological polar surface area (TPSA) is 64.6 Å². The van der Waals surface area contributed by atoms with Gasteiger partial charge >= 0.3 is 12.1 Å². The molecule has 1 unspecified atom stereocenters. The van der Waals surface area contributed by atoms with Gasteiger partial charge in [-0.1, -0.05) is 56.1 Å². The number of anilines is 1. The van der Waals surface area contributed by atoms with Crippen molar-refractivity contribution >= 4 is 40.8 Å². The maximum atomic E-state index is 13.7. The first-order valence-corrected chi connectivity index (χ1v) is 11.6. The first-order valence-electron chi connectivity index (χ1n) is 10.9. The number of benzene rings is 2. The molecule has 2 aromatic rings. The molecule has 35 heavy (non-hydrogen) atoms. The fourth-order valence-corrected chi connectivity index (χ4v) is 4.17. The van der Waals surface area contributed by atoms with Crippen molar-refractivity contribution in [1.29, 1.82) is 0 Å². The highest BCUT2D eigenvalue weighted by Crippen LogP contribution is 2.41. The summed E-state index contributed by atoms with van der Waals surface area (Å²) >= 11 is 12.3. The van der Waals surface area contributed by atoms with Crippen LogP contribution in [0.25, 0.3) is 0 Å². The maximum Gasteiger partial charge on any atom is 0.392 e. The Morgan fingerprint density at radius 2 is 1.57 bits per heavy atom. The predicted octanol–water partition coefficient (Wildman–Crippen LogP) is 7.23. The number of hydrogen-bond donors (Lipinski definition) is 1. The number of amides is 1. The van der Waals surface area contributed by atoms with Gasteiger partial charge in [-0.25, -0.2) is 0 Å². The molecule has 0 aromatic heterocycles. The van der Waals surface area contributed by atoms with Crippen molar-refractivity contribution in [3.8, 4) is 5.75 Å². The Kier molecular flexibility index (Phi) is 9.86. The van der Waals surface area contributed by atoms with E-state index in [0.29, 0.717) is 5.56 Å². The molecule has 3 atom stereocenters. The second-order valence-corrected chi connectivity index (χ2v) is 9.38. The summed E-state index contributed by atoms with van der Waals surface area (Å²) in [7, 11) is 2.62. The maximum absolute atomic E-state index is 13.7. The fourth-order valence-electron chi connectivity index (χ4n) is 3.81. The number of methoxy groups -OCH3 is 2. The van der Waals surface area contributed by atoms with E-state index in [-0.39, 0.29) is 45.3 Å². The summed E-state index contributed by atoms with van der Waals surface area (Å²) in [6.45, 7) is 4.79. The van der Waals surface area contributed by atoms with Gasteiger partial charge in [-0.2, -0.15) is 13.2 Å². The number of alkyl halides is 3. The normalized spacial score (nSPS) is 14.3. The van der Waals surface area contributed by atoms with E-state index in [1.54, 1.807) is 12.1 Å². The number of halogens is 5. The van der Waals surface area contributed by atoms with Crippen LogP contribution >= 0.6 is 23.2 Å². The van der Waals surface area contributed by atoms with Crippen molar-refractivity contribution in [2.75, 3.05) is 19.5 Å². The van der Waals surface area contributed by atoms with Gasteiger partial charge in [-0.3, -0.25) is 9.59 Å². The second kappa shape index (κ2) is 12.0. The molecular formula is C25H28Cl2F3NO4. The van der Waals surface area contributed by atoms with Gasteiger partial charge in [-0.05, 0) is 47.2 Å². The third kappa shape index (κ3) is 7.27. The number of carbonyl (C=O) groups is 2. The molecule has 5 nitrogen and oxygen atoms in total. The highest BCUT2D eigenvalue weighted by Gasteiger charge is 2.45. The molecule has 0 radical (unpaired) electrons. The van der Waals surface area contributed by atoms with E-state index < -0.39 is 29.9 Å². The van der Waals surface area contributed by atoms with Gasteiger partial charge in [0.2, 0.25) is 5.91 Å². The molecule has 0 fully saturated rings. The lowest BCUT2D eigenvalue weighted by Gasteiger charge is -2.27. The van der Waals surface area contributed by atoms with Gasteiger partial charge in [0.25, 0.3) is 0 Å². The van der Waals surface area contributed by atoms with Gasteiger partial charge in [0.05, 0.1) is 48.2 Å². The molecular weight excluding hydrogens is 506 g/mol. The van der Waals surface area contributed by atoms with Gasteiger partial charge < -0.3 is 14.8 Å². The Hall–Kier alpha value is -2.45. The second-order valence-electron chi connectivity index (χ2n) is 8.56. The molecule has 0 aliphatic heterocycles. The number of hydrogen-bond acceptors (Lipinski definition) is 4. The zero-order valence-corrected chi connectivity index (χ0v) is 21.5. The molecule has 192 valence electrons. The largest absolute Gasteiger partial charge is 0.495 e. The Labute approximate surface area is 212 Å². The third-order valence-electron chi connectivity index (χ3n) is 5.93. The third-order valence-corrected chi connectivity index (χ3v) is 6.57. The van der Waals surface area contributed by atoms with Crippen molar-refractivity contribution in [3.63, 3.8) is 0 Å². The minimum Gasteiger partial charge on any atom is -0.495 e. The van der Waals surface area contributed by atoms with Crippen molar-refractivity contribution in [2.45, 2.75) is 45.2 Å². The summed E-state index contributed by atoms with van der Waals surface area (Å²) in [5, 5.41) is 2.91. The Morgan fingerprint density at radius 3 is 2.11 bits per heavy atom. The number of ether oxygens (including phenoxy) is 2.